The molecule has 2 N–H and O–H groups in total. The molecule has 0 aromatic rings. The fraction of sp³-hybridized carbons (Fsp3) is 1.00. The zero-order chi connectivity index (χ0) is 6.85. The zero-order valence-electron chi connectivity index (χ0n) is 5.45. The Morgan fingerprint density at radius 2 is 2.00 bits per heavy atom. The summed E-state index contributed by atoms with van der Waals surface area (Å²) in [5.74, 6) is 0. The second-order valence-electron chi connectivity index (χ2n) is 2.48. The first-order valence-electron chi connectivity index (χ1n) is 3.21. The lowest BCUT2D eigenvalue weighted by Gasteiger charge is -2.28. The van der Waals surface area contributed by atoms with Crippen LogP contribution in [0.25, 0.3) is 0 Å². The number of hydrogen-bond acceptors (Lipinski definition) is 3. The van der Waals surface area contributed by atoms with Crippen molar-refractivity contribution in [2.45, 2.75) is 38.3 Å². The number of rotatable bonds is 0. The molecule has 1 saturated heterocycles. The molecule has 3 nitrogen and oxygen atoms in total. The highest BCUT2D eigenvalue weighted by Gasteiger charge is 2.24. The van der Waals surface area contributed by atoms with E-state index in [0.29, 0.717) is 6.42 Å². The lowest BCUT2D eigenvalue weighted by Crippen LogP contribution is -2.37. The van der Waals surface area contributed by atoms with Crippen LogP contribution in [0.3, 0.4) is 0 Å². The minimum absolute atomic E-state index is 0.0865. The van der Waals surface area contributed by atoms with E-state index in [0.717, 1.165) is 6.42 Å². The normalized spacial score (nSPS) is 45.0. The molecule has 0 aliphatic carbocycles. The zero-order valence-corrected chi connectivity index (χ0v) is 5.45. The van der Waals surface area contributed by atoms with E-state index in [-0.39, 0.29) is 6.10 Å². The molecule has 3 heteroatoms. The summed E-state index contributed by atoms with van der Waals surface area (Å²) in [5.41, 5.74) is 0. The summed E-state index contributed by atoms with van der Waals surface area (Å²) in [6.45, 7) is 1.88. The van der Waals surface area contributed by atoms with E-state index >= 15 is 0 Å². The minimum atomic E-state index is -0.964. The molecule has 0 aromatic heterocycles. The molecule has 1 aliphatic rings. The van der Waals surface area contributed by atoms with E-state index in [9.17, 15) is 0 Å². The Hall–Kier alpha value is -0.120. The molecule has 3 atom stereocenters. The van der Waals surface area contributed by atoms with Gasteiger partial charge < -0.3 is 14.9 Å². The Bertz CT molecular complexity index is 94.3. The van der Waals surface area contributed by atoms with Crippen molar-refractivity contribution in [1.29, 1.82) is 0 Å². The number of ether oxygens (including phenoxy) is 1. The van der Waals surface area contributed by atoms with Gasteiger partial charge in [-0.25, -0.2) is 0 Å². The van der Waals surface area contributed by atoms with E-state index in [1.54, 1.807) is 0 Å². The largest absolute Gasteiger partial charge is 0.388 e. The van der Waals surface area contributed by atoms with E-state index in [2.05, 4.69) is 0 Å². The highest BCUT2D eigenvalue weighted by Crippen LogP contribution is 2.16. The lowest BCUT2D eigenvalue weighted by molar-refractivity contribution is -0.210. The maximum atomic E-state index is 8.92. The number of hydrogen-bond donors (Lipinski definition) is 2. The van der Waals surface area contributed by atoms with Gasteiger partial charge in [-0.2, -0.15) is 0 Å². The molecule has 1 rings (SSSR count). The van der Waals surface area contributed by atoms with Crippen LogP contribution in [0.15, 0.2) is 0 Å². The Balaban J connectivity index is 2.35. The average molecular weight is 132 g/mol. The van der Waals surface area contributed by atoms with Crippen LogP contribution in [0.2, 0.25) is 0 Å². The fourth-order valence-corrected chi connectivity index (χ4v) is 0.945. The smallest absolute Gasteiger partial charge is 0.181 e. The second-order valence-corrected chi connectivity index (χ2v) is 2.48. The monoisotopic (exact) mass is 132 g/mol. The van der Waals surface area contributed by atoms with Gasteiger partial charge in [-0.1, -0.05) is 0 Å². The molecule has 0 unspecified atom stereocenters. The van der Waals surface area contributed by atoms with Gasteiger partial charge in [0.25, 0.3) is 0 Å². The summed E-state index contributed by atoms with van der Waals surface area (Å²) in [4.78, 5) is 0. The SMILES string of the molecule is C[C@H]1CC[C@H](O)[C@@H](O)O1. The molecule has 0 aromatic carbocycles. The van der Waals surface area contributed by atoms with E-state index in [1.807, 2.05) is 6.92 Å². The number of aliphatic hydroxyl groups excluding tert-OH is 2. The maximum Gasteiger partial charge on any atom is 0.181 e. The van der Waals surface area contributed by atoms with Gasteiger partial charge in [0.1, 0.15) is 6.10 Å². The van der Waals surface area contributed by atoms with Crippen LogP contribution < -0.4 is 0 Å². The van der Waals surface area contributed by atoms with Crippen molar-refractivity contribution in [2.75, 3.05) is 0 Å². The quantitative estimate of drug-likeness (QED) is 0.482. The number of aliphatic hydroxyl groups is 2. The molecule has 54 valence electrons. The van der Waals surface area contributed by atoms with E-state index in [4.69, 9.17) is 14.9 Å². The predicted octanol–water partition coefficient (Wildman–Crippen LogP) is -0.135. The Morgan fingerprint density at radius 3 is 2.44 bits per heavy atom. The van der Waals surface area contributed by atoms with Gasteiger partial charge in [-0.3, -0.25) is 0 Å². The van der Waals surface area contributed by atoms with E-state index < -0.39 is 12.4 Å². The maximum absolute atomic E-state index is 8.92. The molecule has 0 radical (unpaired) electrons. The summed E-state index contributed by atoms with van der Waals surface area (Å²) in [7, 11) is 0. The molecule has 0 saturated carbocycles. The van der Waals surface area contributed by atoms with Gasteiger partial charge in [-0.15, -0.1) is 0 Å². The predicted molar refractivity (Wildman–Crippen MR) is 31.8 cm³/mol. The van der Waals surface area contributed by atoms with Gasteiger partial charge in [-0.05, 0) is 19.8 Å². The third-order valence-corrected chi connectivity index (χ3v) is 1.57. The first-order valence-corrected chi connectivity index (χ1v) is 3.21. The van der Waals surface area contributed by atoms with Crippen molar-refractivity contribution in [3.63, 3.8) is 0 Å². The third-order valence-electron chi connectivity index (χ3n) is 1.57. The van der Waals surface area contributed by atoms with Gasteiger partial charge >= 0.3 is 0 Å². The Morgan fingerprint density at radius 1 is 1.33 bits per heavy atom. The van der Waals surface area contributed by atoms with Crippen molar-refractivity contribution in [3.8, 4) is 0 Å². The van der Waals surface area contributed by atoms with Crippen LogP contribution in [0.4, 0.5) is 0 Å². The standard InChI is InChI=1S/C6H12O3/c1-4-2-3-5(7)6(8)9-4/h4-8H,2-3H2,1H3/t4-,5-,6-/m0/s1. The lowest BCUT2D eigenvalue weighted by atomic mass is 10.1. The van der Waals surface area contributed by atoms with Gasteiger partial charge in [0.15, 0.2) is 6.29 Å². The van der Waals surface area contributed by atoms with Crippen molar-refractivity contribution >= 4 is 0 Å². The van der Waals surface area contributed by atoms with Crippen LogP contribution in [0.5, 0.6) is 0 Å². The molecule has 1 heterocycles. The van der Waals surface area contributed by atoms with Crippen LogP contribution in [0.1, 0.15) is 19.8 Å². The average Bonchev–Trinajstić information content (AvgIpc) is 1.80. The summed E-state index contributed by atoms with van der Waals surface area (Å²) in [6, 6.07) is 0. The second kappa shape index (κ2) is 2.64. The van der Waals surface area contributed by atoms with Crippen molar-refractivity contribution in [3.05, 3.63) is 0 Å². The van der Waals surface area contributed by atoms with Crippen LogP contribution in [0, 0.1) is 0 Å². The first-order chi connectivity index (χ1) is 4.20. The topological polar surface area (TPSA) is 49.7 Å². The highest BCUT2D eigenvalue weighted by atomic mass is 16.6. The summed E-state index contributed by atoms with van der Waals surface area (Å²) >= 11 is 0. The van der Waals surface area contributed by atoms with Gasteiger partial charge in [0, 0.05) is 0 Å². The Labute approximate surface area is 54.3 Å². The fourth-order valence-electron chi connectivity index (χ4n) is 0.945. The summed E-state index contributed by atoms with van der Waals surface area (Å²) in [5, 5.41) is 17.8. The van der Waals surface area contributed by atoms with Crippen molar-refractivity contribution in [1.82, 2.24) is 0 Å². The van der Waals surface area contributed by atoms with Crippen LogP contribution in [-0.2, 0) is 4.74 Å². The third kappa shape index (κ3) is 1.64. The van der Waals surface area contributed by atoms with Crippen molar-refractivity contribution < 1.29 is 14.9 Å². The summed E-state index contributed by atoms with van der Waals surface area (Å²) < 4.78 is 4.90. The molecule has 0 spiro atoms. The van der Waals surface area contributed by atoms with Crippen LogP contribution >= 0.6 is 0 Å². The highest BCUT2D eigenvalue weighted by molar-refractivity contribution is 4.68. The molecule has 1 aliphatic heterocycles. The minimum Gasteiger partial charge on any atom is -0.388 e. The Kier molecular flexibility index (Phi) is 2.05. The molecule has 0 bridgehead atoms. The van der Waals surface area contributed by atoms with Gasteiger partial charge in [0.05, 0.1) is 6.10 Å². The van der Waals surface area contributed by atoms with E-state index in [1.165, 1.54) is 0 Å². The first kappa shape index (κ1) is 6.99. The summed E-state index contributed by atoms with van der Waals surface area (Å²) in [6.07, 6.45) is -0.0843. The molecule has 0 amide bonds. The molecule has 9 heavy (non-hydrogen) atoms. The van der Waals surface area contributed by atoms with Crippen molar-refractivity contribution in [2.24, 2.45) is 0 Å². The molecular weight excluding hydrogens is 120 g/mol. The van der Waals surface area contributed by atoms with Crippen LogP contribution in [-0.4, -0.2) is 28.7 Å². The molecular formula is C6H12O3. The van der Waals surface area contributed by atoms with Gasteiger partial charge in [0.2, 0.25) is 0 Å². The molecule has 1 fully saturated rings.